The molecule has 8 nitrogen and oxygen atoms in total. The molecule has 0 saturated heterocycles. The fourth-order valence-corrected chi connectivity index (χ4v) is 12.0. The molecular formula is C73H44N8. The van der Waals surface area contributed by atoms with E-state index in [4.69, 9.17) is 34.9 Å². The first-order valence-electron chi connectivity index (χ1n) is 27.1. The lowest BCUT2D eigenvalue weighted by Crippen LogP contribution is -2.02. The molecule has 0 saturated carbocycles. The molecule has 81 heavy (non-hydrogen) atoms. The third-order valence-corrected chi connectivity index (χ3v) is 15.7. The van der Waals surface area contributed by atoms with Crippen molar-refractivity contribution in [2.24, 2.45) is 0 Å². The molecule has 5 heterocycles. The van der Waals surface area contributed by atoms with Gasteiger partial charge in [0, 0.05) is 67.8 Å². The zero-order chi connectivity index (χ0) is 53.4. The number of hydrogen-bond donors (Lipinski definition) is 0. The van der Waals surface area contributed by atoms with Crippen LogP contribution in [0.15, 0.2) is 267 Å². The summed E-state index contributed by atoms with van der Waals surface area (Å²) in [5, 5.41) is 10.7. The Morgan fingerprint density at radius 3 is 1.06 bits per heavy atom. The fourth-order valence-electron chi connectivity index (χ4n) is 12.0. The standard InChI is InChI=1S/C73H44N8/c1-2-26-52(27-3-1)81-70-62-37-17-39-75-68(62)67-61(36-16-38-74-67)69(70)80-73(81)51-41-49(71-76-63(57-32-12-22-45-18-4-8-28-53(45)57)43-64(77-71)58-33-13-23-46-19-5-9-29-54(46)58)40-50(42-51)72-78-65(59-34-14-24-47-20-6-10-30-55(47)59)44-66(79-72)60-35-15-25-48-21-7-11-31-56(48)60/h1-44H. The largest absolute Gasteiger partial charge is 0.292 e. The van der Waals surface area contributed by atoms with Crippen molar-refractivity contribution in [3.8, 4) is 84.9 Å². The molecule has 0 amide bonds. The first-order valence-corrected chi connectivity index (χ1v) is 27.1. The molecule has 0 N–H and O–H groups in total. The van der Waals surface area contributed by atoms with Gasteiger partial charge < -0.3 is 0 Å². The van der Waals surface area contributed by atoms with Crippen molar-refractivity contribution < 1.29 is 0 Å². The van der Waals surface area contributed by atoms with Crippen LogP contribution < -0.4 is 0 Å². The van der Waals surface area contributed by atoms with E-state index in [0.29, 0.717) is 17.5 Å². The Morgan fingerprint density at radius 1 is 0.259 bits per heavy atom. The SMILES string of the molecule is c1ccc(-n2c(-c3cc(-c4nc(-c5cccc6ccccc56)cc(-c5cccc6ccccc56)n4)cc(-c4nc(-c5cccc6ccccc56)cc(-c5cccc6ccccc56)n4)c3)nc3c4cccnc4c4ncccc4c32)cc1. The Balaban J connectivity index is 1.03. The first kappa shape index (κ1) is 46.0. The number of imidazole rings is 1. The highest BCUT2D eigenvalue weighted by Gasteiger charge is 2.25. The highest BCUT2D eigenvalue weighted by Crippen LogP contribution is 2.42. The number of nitrogens with zero attached hydrogens (tertiary/aromatic N) is 8. The summed E-state index contributed by atoms with van der Waals surface area (Å²) in [4.78, 5) is 38.0. The van der Waals surface area contributed by atoms with Crippen LogP contribution in [0.3, 0.4) is 0 Å². The normalized spacial score (nSPS) is 11.7. The molecule has 0 unspecified atom stereocenters. The van der Waals surface area contributed by atoms with Gasteiger partial charge >= 0.3 is 0 Å². The molecule has 0 aliphatic rings. The third-order valence-electron chi connectivity index (χ3n) is 15.7. The maximum Gasteiger partial charge on any atom is 0.160 e. The van der Waals surface area contributed by atoms with Crippen LogP contribution in [-0.2, 0) is 0 Å². The minimum Gasteiger partial charge on any atom is -0.292 e. The molecule has 376 valence electrons. The maximum absolute atomic E-state index is 5.72. The molecule has 0 aliphatic heterocycles. The highest BCUT2D eigenvalue weighted by atomic mass is 15.1. The summed E-state index contributed by atoms with van der Waals surface area (Å²) in [7, 11) is 0. The van der Waals surface area contributed by atoms with Crippen molar-refractivity contribution in [2.45, 2.75) is 0 Å². The van der Waals surface area contributed by atoms with Crippen molar-refractivity contribution in [3.63, 3.8) is 0 Å². The second-order valence-electron chi connectivity index (χ2n) is 20.4. The van der Waals surface area contributed by atoms with E-state index >= 15 is 0 Å². The summed E-state index contributed by atoms with van der Waals surface area (Å²) in [5.41, 5.74) is 13.8. The van der Waals surface area contributed by atoms with Crippen molar-refractivity contribution in [1.82, 2.24) is 39.5 Å². The van der Waals surface area contributed by atoms with Gasteiger partial charge in [0.05, 0.1) is 44.8 Å². The second kappa shape index (κ2) is 18.8. The summed E-state index contributed by atoms with van der Waals surface area (Å²) in [6.07, 6.45) is 3.66. The van der Waals surface area contributed by atoms with Crippen molar-refractivity contribution in [3.05, 3.63) is 267 Å². The smallest absolute Gasteiger partial charge is 0.160 e. The lowest BCUT2D eigenvalue weighted by atomic mass is 9.97. The maximum atomic E-state index is 5.72. The van der Waals surface area contributed by atoms with E-state index in [1.54, 1.807) is 0 Å². The van der Waals surface area contributed by atoms with Crippen molar-refractivity contribution in [1.29, 1.82) is 0 Å². The molecule has 0 aliphatic carbocycles. The van der Waals surface area contributed by atoms with Crippen LogP contribution in [0.1, 0.15) is 0 Å². The Hall–Kier alpha value is -11.1. The molecule has 0 atom stereocenters. The van der Waals surface area contributed by atoms with Gasteiger partial charge in [-0.1, -0.05) is 188 Å². The number of hydrogen-bond acceptors (Lipinski definition) is 7. The summed E-state index contributed by atoms with van der Waals surface area (Å²) in [5.74, 6) is 1.79. The van der Waals surface area contributed by atoms with Gasteiger partial charge in [0.2, 0.25) is 0 Å². The Bertz CT molecular complexity index is 4760. The zero-order valence-corrected chi connectivity index (χ0v) is 43.5. The minimum atomic E-state index is 0.539. The predicted molar refractivity (Wildman–Crippen MR) is 331 cm³/mol. The summed E-state index contributed by atoms with van der Waals surface area (Å²) in [6.45, 7) is 0. The van der Waals surface area contributed by atoms with Crippen LogP contribution in [0.4, 0.5) is 0 Å². The topological polar surface area (TPSA) is 95.2 Å². The number of aromatic nitrogens is 8. The molecule has 0 radical (unpaired) electrons. The van der Waals surface area contributed by atoms with Gasteiger partial charge in [-0.15, -0.1) is 0 Å². The van der Waals surface area contributed by atoms with E-state index in [1.165, 1.54) is 0 Å². The molecule has 11 aromatic carbocycles. The molecule has 5 aromatic heterocycles. The molecule has 0 fully saturated rings. The van der Waals surface area contributed by atoms with E-state index in [9.17, 15) is 0 Å². The fraction of sp³-hybridized carbons (Fsp3) is 0. The summed E-state index contributed by atoms with van der Waals surface area (Å²) in [6, 6.07) is 89.0. The van der Waals surface area contributed by atoms with Gasteiger partial charge in [0.1, 0.15) is 5.82 Å². The van der Waals surface area contributed by atoms with Crippen LogP contribution in [-0.4, -0.2) is 39.5 Å². The molecular weight excluding hydrogens is 989 g/mol. The molecule has 0 bridgehead atoms. The Labute approximate surface area is 465 Å². The highest BCUT2D eigenvalue weighted by molar-refractivity contribution is 6.22. The van der Waals surface area contributed by atoms with Crippen LogP contribution in [0, 0.1) is 0 Å². The van der Waals surface area contributed by atoms with Gasteiger partial charge in [0.15, 0.2) is 11.6 Å². The van der Waals surface area contributed by atoms with E-state index in [-0.39, 0.29) is 0 Å². The number of para-hydroxylation sites is 1. The monoisotopic (exact) mass is 1030 g/mol. The predicted octanol–water partition coefficient (Wildman–Crippen LogP) is 18.0. The third kappa shape index (κ3) is 7.80. The lowest BCUT2D eigenvalue weighted by Gasteiger charge is -2.16. The van der Waals surface area contributed by atoms with E-state index < -0.39 is 0 Å². The van der Waals surface area contributed by atoms with Gasteiger partial charge in [-0.3, -0.25) is 14.5 Å². The molecule has 16 rings (SSSR count). The first-order chi connectivity index (χ1) is 40.1. The Morgan fingerprint density at radius 2 is 0.617 bits per heavy atom. The zero-order valence-electron chi connectivity index (χ0n) is 43.5. The van der Waals surface area contributed by atoms with E-state index in [1.807, 2.05) is 30.6 Å². The van der Waals surface area contributed by atoms with Gasteiger partial charge in [0.25, 0.3) is 0 Å². The van der Waals surface area contributed by atoms with Gasteiger partial charge in [-0.25, -0.2) is 24.9 Å². The van der Waals surface area contributed by atoms with Crippen LogP contribution >= 0.6 is 0 Å². The number of benzene rings is 11. The second-order valence-corrected chi connectivity index (χ2v) is 20.4. The van der Waals surface area contributed by atoms with Crippen LogP contribution in [0.2, 0.25) is 0 Å². The quantitative estimate of drug-likeness (QED) is 0.140. The van der Waals surface area contributed by atoms with E-state index in [0.717, 1.165) is 143 Å². The molecule has 0 spiro atoms. The summed E-state index contributed by atoms with van der Waals surface area (Å²) >= 11 is 0. The summed E-state index contributed by atoms with van der Waals surface area (Å²) < 4.78 is 2.26. The Kier molecular flexibility index (Phi) is 10.7. The lowest BCUT2D eigenvalue weighted by molar-refractivity contribution is 1.10. The van der Waals surface area contributed by atoms with E-state index in [2.05, 4.69) is 241 Å². The van der Waals surface area contributed by atoms with Crippen molar-refractivity contribution >= 4 is 75.9 Å². The average molecular weight is 1030 g/mol. The number of fused-ring (bicyclic) bond motifs is 10. The molecule has 16 aromatic rings. The average Bonchev–Trinajstić information content (AvgIpc) is 4.15. The minimum absolute atomic E-state index is 0.539. The number of pyridine rings is 2. The van der Waals surface area contributed by atoms with Crippen molar-refractivity contribution in [2.75, 3.05) is 0 Å². The van der Waals surface area contributed by atoms with Gasteiger partial charge in [-0.2, -0.15) is 0 Å². The van der Waals surface area contributed by atoms with Crippen LogP contribution in [0.5, 0.6) is 0 Å². The molecule has 8 heteroatoms. The van der Waals surface area contributed by atoms with Crippen LogP contribution in [0.25, 0.3) is 161 Å². The van der Waals surface area contributed by atoms with Gasteiger partial charge in [-0.05, 0) is 110 Å². The number of rotatable bonds is 8.